The van der Waals surface area contributed by atoms with Crippen molar-refractivity contribution >= 4 is 28.6 Å². The molecular formula is C25H26F4N2O4. The maximum absolute atomic E-state index is 14.0. The Morgan fingerprint density at radius 1 is 1.06 bits per heavy atom. The topological polar surface area (TPSA) is 86.2 Å². The first-order valence-corrected chi connectivity index (χ1v) is 11.6. The van der Waals surface area contributed by atoms with E-state index < -0.39 is 46.4 Å². The molecule has 188 valence electrons. The number of pyridine rings is 2. The molecule has 0 N–H and O–H groups in total. The van der Waals surface area contributed by atoms with Crippen LogP contribution < -0.4 is 0 Å². The van der Waals surface area contributed by atoms with Gasteiger partial charge in [-0.05, 0) is 31.9 Å². The number of carbonyl (C=O) groups is 3. The van der Waals surface area contributed by atoms with E-state index in [2.05, 4.69) is 16.9 Å². The summed E-state index contributed by atoms with van der Waals surface area (Å²) in [6.07, 6.45) is -0.282. The molecule has 0 bridgehead atoms. The van der Waals surface area contributed by atoms with E-state index in [4.69, 9.17) is 4.74 Å². The molecule has 0 amide bonds. The number of ketones is 2. The molecule has 0 atom stereocenters. The van der Waals surface area contributed by atoms with Crippen molar-refractivity contribution in [2.24, 2.45) is 0 Å². The predicted molar refractivity (Wildman–Crippen MR) is 119 cm³/mol. The van der Waals surface area contributed by atoms with Crippen molar-refractivity contribution in [2.75, 3.05) is 0 Å². The van der Waals surface area contributed by atoms with Crippen LogP contribution >= 0.6 is 0 Å². The first-order valence-electron chi connectivity index (χ1n) is 11.6. The maximum Gasteiger partial charge on any atom is 0.434 e. The highest BCUT2D eigenvalue weighted by Crippen LogP contribution is 2.35. The van der Waals surface area contributed by atoms with Gasteiger partial charge in [-0.3, -0.25) is 14.4 Å². The van der Waals surface area contributed by atoms with Crippen molar-refractivity contribution < 1.29 is 36.7 Å². The van der Waals surface area contributed by atoms with Gasteiger partial charge < -0.3 is 4.74 Å². The number of Topliss-reactive ketones (excluding diaryl/α,β-unsaturated/α-hetero) is 2. The number of halogens is 4. The van der Waals surface area contributed by atoms with Crippen LogP contribution in [-0.4, -0.2) is 27.5 Å². The van der Waals surface area contributed by atoms with E-state index in [-0.39, 0.29) is 41.7 Å². The molecule has 0 saturated heterocycles. The molecule has 3 rings (SSSR count). The monoisotopic (exact) mass is 494 g/mol. The number of esters is 1. The predicted octanol–water partition coefficient (Wildman–Crippen LogP) is 6.19. The van der Waals surface area contributed by atoms with Gasteiger partial charge in [0, 0.05) is 24.6 Å². The van der Waals surface area contributed by atoms with E-state index in [9.17, 15) is 31.9 Å². The zero-order valence-electron chi connectivity index (χ0n) is 19.6. The molecule has 0 saturated carbocycles. The minimum Gasteiger partial charge on any atom is -0.430 e. The van der Waals surface area contributed by atoms with E-state index in [1.54, 1.807) is 0 Å². The Morgan fingerprint density at radius 3 is 2.46 bits per heavy atom. The smallest absolute Gasteiger partial charge is 0.430 e. The van der Waals surface area contributed by atoms with Crippen LogP contribution in [0.1, 0.15) is 86.5 Å². The number of unbranched alkanes of at least 4 members (excludes halogenated alkanes) is 4. The van der Waals surface area contributed by atoms with Crippen LogP contribution in [0, 0.1) is 12.7 Å². The Morgan fingerprint density at radius 2 is 1.77 bits per heavy atom. The summed E-state index contributed by atoms with van der Waals surface area (Å²) in [5.74, 6) is -3.63. The maximum atomic E-state index is 14.0. The molecule has 0 unspecified atom stereocenters. The number of alkyl halides is 3. The summed E-state index contributed by atoms with van der Waals surface area (Å²) in [7, 11) is 0. The molecule has 6 nitrogen and oxygen atoms in total. The zero-order chi connectivity index (χ0) is 25.8. The van der Waals surface area contributed by atoms with Gasteiger partial charge in [-0.15, -0.1) is 0 Å². The van der Waals surface area contributed by atoms with Gasteiger partial charge in [0.25, 0.3) is 0 Å². The third-order valence-electron chi connectivity index (χ3n) is 5.76. The Bertz CT molecular complexity index is 1190. The quantitative estimate of drug-likeness (QED) is 0.136. The summed E-state index contributed by atoms with van der Waals surface area (Å²) in [5.41, 5.74) is -3.59. The van der Waals surface area contributed by atoms with Gasteiger partial charge in [0.05, 0.1) is 11.3 Å². The molecule has 0 aromatic carbocycles. The van der Waals surface area contributed by atoms with E-state index in [0.717, 1.165) is 37.8 Å². The zero-order valence-corrected chi connectivity index (χ0v) is 19.6. The van der Waals surface area contributed by atoms with Crippen molar-refractivity contribution in [1.82, 2.24) is 9.97 Å². The van der Waals surface area contributed by atoms with Crippen LogP contribution in [0.3, 0.4) is 0 Å². The normalized spacial score (nSPS) is 14.5. The van der Waals surface area contributed by atoms with E-state index in [1.165, 1.54) is 6.92 Å². The third kappa shape index (κ3) is 6.29. The number of carbonyl (C=O) groups excluding carboxylic acids is 3. The Labute approximate surface area is 199 Å². The lowest BCUT2D eigenvalue weighted by atomic mass is 9.89. The fourth-order valence-electron chi connectivity index (χ4n) is 3.92. The molecule has 2 heterocycles. The van der Waals surface area contributed by atoms with Crippen molar-refractivity contribution in [3.05, 3.63) is 46.2 Å². The number of aryl methyl sites for hydroxylation is 1. The second-order valence-corrected chi connectivity index (χ2v) is 8.53. The number of allylic oxidation sites excluding steroid dienone is 2. The van der Waals surface area contributed by atoms with Gasteiger partial charge in [0.2, 0.25) is 5.78 Å². The third-order valence-corrected chi connectivity index (χ3v) is 5.76. The SMILES string of the molecule is CCCCCCCC(=O)OC1=C(C(=O)c2cc3cc(F)c(C)nc3nc2C(F)(F)F)C(=O)CCC1. The lowest BCUT2D eigenvalue weighted by Crippen LogP contribution is -2.25. The number of hydrogen-bond acceptors (Lipinski definition) is 6. The summed E-state index contributed by atoms with van der Waals surface area (Å²) in [6.45, 7) is 3.33. The van der Waals surface area contributed by atoms with Crippen LogP contribution in [0.15, 0.2) is 23.5 Å². The second-order valence-electron chi connectivity index (χ2n) is 8.53. The highest BCUT2D eigenvalue weighted by molar-refractivity contribution is 6.27. The molecule has 1 aliphatic carbocycles. The largest absolute Gasteiger partial charge is 0.434 e. The van der Waals surface area contributed by atoms with Crippen molar-refractivity contribution in [3.63, 3.8) is 0 Å². The lowest BCUT2D eigenvalue weighted by molar-refractivity contribution is -0.142. The van der Waals surface area contributed by atoms with Crippen molar-refractivity contribution in [3.8, 4) is 0 Å². The molecule has 0 aliphatic heterocycles. The van der Waals surface area contributed by atoms with Crippen LogP contribution in [0.5, 0.6) is 0 Å². The number of hydrogen-bond donors (Lipinski definition) is 0. The number of fused-ring (bicyclic) bond motifs is 1. The summed E-state index contributed by atoms with van der Waals surface area (Å²) in [4.78, 5) is 45.4. The summed E-state index contributed by atoms with van der Waals surface area (Å²) in [6, 6.07) is 1.75. The first-order chi connectivity index (χ1) is 16.5. The van der Waals surface area contributed by atoms with Gasteiger partial charge in [-0.1, -0.05) is 32.6 Å². The average Bonchev–Trinajstić information content (AvgIpc) is 2.78. The van der Waals surface area contributed by atoms with Crippen LogP contribution in [0.2, 0.25) is 0 Å². The standard InChI is InChI=1S/C25H26F4N2O4/c1-3-4-5-6-7-11-20(33)35-19-10-8-9-18(32)21(19)22(34)16-12-15-13-17(26)14(2)30-24(15)31-23(16)25(27,28)29/h12-13H,3-11H2,1-2H3. The van der Waals surface area contributed by atoms with Gasteiger partial charge in [-0.2, -0.15) is 13.2 Å². The number of nitrogens with zero attached hydrogens (tertiary/aromatic N) is 2. The van der Waals surface area contributed by atoms with Crippen LogP contribution in [-0.2, 0) is 20.5 Å². The van der Waals surface area contributed by atoms with Crippen molar-refractivity contribution in [2.45, 2.75) is 77.8 Å². The number of rotatable bonds is 9. The summed E-state index contributed by atoms with van der Waals surface area (Å²) in [5, 5.41) is -0.126. The van der Waals surface area contributed by atoms with Gasteiger partial charge in [0.15, 0.2) is 17.1 Å². The van der Waals surface area contributed by atoms with Crippen LogP contribution in [0.4, 0.5) is 17.6 Å². The second kappa shape index (κ2) is 11.0. The molecular weight excluding hydrogens is 468 g/mol. The van der Waals surface area contributed by atoms with Gasteiger partial charge >= 0.3 is 12.1 Å². The van der Waals surface area contributed by atoms with Crippen LogP contribution in [0.25, 0.3) is 11.0 Å². The van der Waals surface area contributed by atoms with E-state index in [0.29, 0.717) is 12.8 Å². The highest BCUT2D eigenvalue weighted by atomic mass is 19.4. The van der Waals surface area contributed by atoms with Crippen molar-refractivity contribution in [1.29, 1.82) is 0 Å². The van der Waals surface area contributed by atoms with E-state index >= 15 is 0 Å². The molecule has 2 aromatic rings. The average molecular weight is 494 g/mol. The number of ether oxygens (including phenoxy) is 1. The molecule has 35 heavy (non-hydrogen) atoms. The van der Waals surface area contributed by atoms with Gasteiger partial charge in [-0.25, -0.2) is 14.4 Å². The van der Waals surface area contributed by atoms with E-state index in [1.807, 2.05) is 0 Å². The molecule has 2 aromatic heterocycles. The van der Waals surface area contributed by atoms with Gasteiger partial charge in [0.1, 0.15) is 17.1 Å². The fourth-order valence-corrected chi connectivity index (χ4v) is 3.92. The molecule has 1 aliphatic rings. The minimum atomic E-state index is -5.04. The number of aromatic nitrogens is 2. The molecule has 0 radical (unpaired) electrons. The molecule has 0 fully saturated rings. The summed E-state index contributed by atoms with van der Waals surface area (Å²) >= 11 is 0. The summed E-state index contributed by atoms with van der Waals surface area (Å²) < 4.78 is 60.7. The highest BCUT2D eigenvalue weighted by Gasteiger charge is 2.40. The lowest BCUT2D eigenvalue weighted by Gasteiger charge is -2.20. The molecule has 0 spiro atoms. The molecule has 10 heteroatoms. The first kappa shape index (κ1) is 26.4. The minimum absolute atomic E-state index is 0.0616. The Kier molecular flexibility index (Phi) is 8.34. The Hall–Kier alpha value is -3.17. The Balaban J connectivity index is 1.99. The fraction of sp³-hybridized carbons (Fsp3) is 0.480.